The lowest BCUT2D eigenvalue weighted by Gasteiger charge is -2.33. The van der Waals surface area contributed by atoms with E-state index in [9.17, 15) is 9.59 Å². The van der Waals surface area contributed by atoms with Gasteiger partial charge < -0.3 is 15.0 Å². The van der Waals surface area contributed by atoms with Gasteiger partial charge in [0.1, 0.15) is 10.8 Å². The molecule has 0 bridgehead atoms. The predicted octanol–water partition coefficient (Wildman–Crippen LogP) is 1.98. The van der Waals surface area contributed by atoms with E-state index >= 15 is 0 Å². The zero-order chi connectivity index (χ0) is 19.4. The molecule has 27 heavy (non-hydrogen) atoms. The van der Waals surface area contributed by atoms with E-state index in [2.05, 4.69) is 10.4 Å². The van der Waals surface area contributed by atoms with Crippen molar-refractivity contribution in [1.82, 2.24) is 15.1 Å². The van der Waals surface area contributed by atoms with Gasteiger partial charge in [0.05, 0.1) is 19.0 Å². The minimum absolute atomic E-state index is 0.0437. The summed E-state index contributed by atoms with van der Waals surface area (Å²) >= 11 is 6.17. The molecule has 1 amide bonds. The van der Waals surface area contributed by atoms with Gasteiger partial charge in [-0.2, -0.15) is 5.10 Å². The van der Waals surface area contributed by atoms with Gasteiger partial charge in [-0.05, 0) is 30.5 Å². The molecule has 1 N–H and O–H groups in total. The van der Waals surface area contributed by atoms with E-state index in [1.54, 1.807) is 20.4 Å². The standard InChI is InChI=1S/C19H23ClN4O3/c1-23-19(26)17(20)16(12-22-23)24-9-7-14(8-10-24)18(25)21-11-13-3-5-15(27-2)6-4-13/h3-6,12,14H,7-11H2,1-2H3,(H,21,25). The molecule has 7 nitrogen and oxygen atoms in total. The summed E-state index contributed by atoms with van der Waals surface area (Å²) in [6.45, 7) is 1.82. The summed E-state index contributed by atoms with van der Waals surface area (Å²) in [7, 11) is 3.19. The van der Waals surface area contributed by atoms with Gasteiger partial charge in [-0.1, -0.05) is 23.7 Å². The molecule has 0 unspecified atom stereocenters. The van der Waals surface area contributed by atoms with Crippen molar-refractivity contribution in [2.24, 2.45) is 13.0 Å². The highest BCUT2D eigenvalue weighted by atomic mass is 35.5. The maximum Gasteiger partial charge on any atom is 0.287 e. The molecule has 1 aliphatic rings. The summed E-state index contributed by atoms with van der Waals surface area (Å²) in [6, 6.07) is 7.63. The van der Waals surface area contributed by atoms with Crippen molar-refractivity contribution >= 4 is 23.2 Å². The van der Waals surface area contributed by atoms with Crippen LogP contribution in [0.4, 0.5) is 5.69 Å². The molecule has 1 saturated heterocycles. The van der Waals surface area contributed by atoms with Crippen LogP contribution >= 0.6 is 11.6 Å². The first-order chi connectivity index (χ1) is 13.0. The molecule has 0 aliphatic carbocycles. The number of ether oxygens (including phenoxy) is 1. The Morgan fingerprint density at radius 1 is 1.30 bits per heavy atom. The Labute approximate surface area is 162 Å². The van der Waals surface area contributed by atoms with Crippen LogP contribution in [0.3, 0.4) is 0 Å². The van der Waals surface area contributed by atoms with Gasteiger partial charge in [-0.25, -0.2) is 4.68 Å². The number of halogens is 1. The summed E-state index contributed by atoms with van der Waals surface area (Å²) < 4.78 is 6.35. The third-order valence-electron chi connectivity index (χ3n) is 4.89. The molecule has 1 aromatic heterocycles. The van der Waals surface area contributed by atoms with Crippen LogP contribution in [-0.2, 0) is 18.4 Å². The normalized spacial score (nSPS) is 14.9. The molecule has 0 saturated carbocycles. The van der Waals surface area contributed by atoms with Gasteiger partial charge >= 0.3 is 0 Å². The predicted molar refractivity (Wildman–Crippen MR) is 104 cm³/mol. The van der Waals surface area contributed by atoms with E-state index in [0.29, 0.717) is 38.2 Å². The fourth-order valence-electron chi connectivity index (χ4n) is 3.18. The van der Waals surface area contributed by atoms with Crippen LogP contribution in [0.5, 0.6) is 5.75 Å². The topological polar surface area (TPSA) is 76.5 Å². The molecule has 2 heterocycles. The van der Waals surface area contributed by atoms with Gasteiger partial charge in [0.2, 0.25) is 5.91 Å². The minimum Gasteiger partial charge on any atom is -0.497 e. The second-order valence-corrected chi connectivity index (χ2v) is 6.98. The van der Waals surface area contributed by atoms with Crippen LogP contribution < -0.4 is 20.5 Å². The number of methoxy groups -OCH3 is 1. The number of benzene rings is 1. The fourth-order valence-corrected chi connectivity index (χ4v) is 3.47. The number of hydrogen-bond donors (Lipinski definition) is 1. The highest BCUT2D eigenvalue weighted by molar-refractivity contribution is 6.33. The zero-order valence-corrected chi connectivity index (χ0v) is 16.2. The monoisotopic (exact) mass is 390 g/mol. The summed E-state index contributed by atoms with van der Waals surface area (Å²) in [5, 5.41) is 7.21. The number of nitrogens with zero attached hydrogens (tertiary/aromatic N) is 3. The van der Waals surface area contributed by atoms with Crippen molar-refractivity contribution in [1.29, 1.82) is 0 Å². The van der Waals surface area contributed by atoms with Crippen molar-refractivity contribution in [3.63, 3.8) is 0 Å². The van der Waals surface area contributed by atoms with Crippen LogP contribution in [-0.4, -0.2) is 35.9 Å². The summed E-state index contributed by atoms with van der Waals surface area (Å²) in [6.07, 6.45) is 3.02. The zero-order valence-electron chi connectivity index (χ0n) is 15.4. The third-order valence-corrected chi connectivity index (χ3v) is 5.25. The lowest BCUT2D eigenvalue weighted by atomic mass is 9.95. The lowest BCUT2D eigenvalue weighted by Crippen LogP contribution is -2.41. The van der Waals surface area contributed by atoms with E-state index in [4.69, 9.17) is 16.3 Å². The molecule has 144 valence electrons. The number of carbonyl (C=O) groups is 1. The van der Waals surface area contributed by atoms with Gasteiger partial charge in [0.25, 0.3) is 5.56 Å². The largest absolute Gasteiger partial charge is 0.497 e. The van der Waals surface area contributed by atoms with Crippen LogP contribution in [0.25, 0.3) is 0 Å². The average Bonchev–Trinajstić information content (AvgIpc) is 2.71. The number of aromatic nitrogens is 2. The first-order valence-electron chi connectivity index (χ1n) is 8.87. The third kappa shape index (κ3) is 4.42. The van der Waals surface area contributed by atoms with E-state index in [-0.39, 0.29) is 22.4 Å². The molecule has 1 aromatic carbocycles. The van der Waals surface area contributed by atoms with Crippen molar-refractivity contribution in [3.8, 4) is 5.75 Å². The van der Waals surface area contributed by atoms with Gasteiger partial charge in [-0.3, -0.25) is 9.59 Å². The van der Waals surface area contributed by atoms with E-state index < -0.39 is 0 Å². The number of carbonyl (C=O) groups excluding carboxylic acids is 1. The highest BCUT2D eigenvalue weighted by Gasteiger charge is 2.26. The number of anilines is 1. The quantitative estimate of drug-likeness (QED) is 0.844. The number of amides is 1. The summed E-state index contributed by atoms with van der Waals surface area (Å²) in [5.74, 6) is 0.804. The van der Waals surface area contributed by atoms with Crippen molar-refractivity contribution in [2.75, 3.05) is 25.1 Å². The smallest absolute Gasteiger partial charge is 0.287 e. The van der Waals surface area contributed by atoms with Crippen molar-refractivity contribution in [2.45, 2.75) is 19.4 Å². The summed E-state index contributed by atoms with van der Waals surface area (Å²) in [5.41, 5.74) is 1.35. The molecular weight excluding hydrogens is 368 g/mol. The van der Waals surface area contributed by atoms with Crippen molar-refractivity contribution in [3.05, 3.63) is 51.4 Å². The second kappa shape index (κ2) is 8.43. The van der Waals surface area contributed by atoms with Crippen LogP contribution in [0.1, 0.15) is 18.4 Å². The van der Waals surface area contributed by atoms with Gasteiger partial charge in [0.15, 0.2) is 0 Å². The van der Waals surface area contributed by atoms with Gasteiger partial charge in [0, 0.05) is 32.6 Å². The number of rotatable bonds is 5. The summed E-state index contributed by atoms with van der Waals surface area (Å²) in [4.78, 5) is 26.4. The number of hydrogen-bond acceptors (Lipinski definition) is 5. The highest BCUT2D eigenvalue weighted by Crippen LogP contribution is 2.26. The molecule has 1 fully saturated rings. The first kappa shape index (κ1) is 19.2. The number of piperidine rings is 1. The number of nitrogens with one attached hydrogen (secondary N) is 1. The van der Waals surface area contributed by atoms with Crippen molar-refractivity contribution < 1.29 is 9.53 Å². The lowest BCUT2D eigenvalue weighted by molar-refractivity contribution is -0.125. The first-order valence-corrected chi connectivity index (χ1v) is 9.24. The Hall–Kier alpha value is -2.54. The van der Waals surface area contributed by atoms with E-state index in [1.807, 2.05) is 29.2 Å². The minimum atomic E-state index is -0.312. The maximum atomic E-state index is 12.5. The van der Waals surface area contributed by atoms with Crippen LogP contribution in [0, 0.1) is 5.92 Å². The second-order valence-electron chi connectivity index (χ2n) is 6.60. The average molecular weight is 391 g/mol. The molecule has 8 heteroatoms. The molecule has 3 rings (SSSR count). The Balaban J connectivity index is 1.53. The molecule has 1 aliphatic heterocycles. The maximum absolute atomic E-state index is 12.5. The van der Waals surface area contributed by atoms with Crippen LogP contribution in [0.15, 0.2) is 35.3 Å². The van der Waals surface area contributed by atoms with Crippen LogP contribution in [0.2, 0.25) is 5.02 Å². The Kier molecular flexibility index (Phi) is 6.01. The Morgan fingerprint density at radius 3 is 2.59 bits per heavy atom. The number of aryl methyl sites for hydroxylation is 1. The van der Waals surface area contributed by atoms with Gasteiger partial charge in [-0.15, -0.1) is 0 Å². The van der Waals surface area contributed by atoms with E-state index in [1.165, 1.54) is 4.68 Å². The van der Waals surface area contributed by atoms with E-state index in [0.717, 1.165) is 11.3 Å². The Bertz CT molecular complexity index is 858. The SMILES string of the molecule is COc1ccc(CNC(=O)C2CCN(c3cnn(C)c(=O)c3Cl)CC2)cc1. The molecular formula is C19H23ClN4O3. The molecule has 0 radical (unpaired) electrons. The fraction of sp³-hybridized carbons (Fsp3) is 0.421. The molecule has 0 spiro atoms. The molecule has 0 atom stereocenters. The Morgan fingerprint density at radius 2 is 1.96 bits per heavy atom. The molecule has 2 aromatic rings.